The zero-order valence-electron chi connectivity index (χ0n) is 28.2. The summed E-state index contributed by atoms with van der Waals surface area (Å²) >= 11 is 12.6. The van der Waals surface area contributed by atoms with E-state index in [4.69, 9.17) is 23.2 Å². The number of aryl methyl sites for hydroxylation is 1. The Kier molecular flexibility index (Phi) is 12.0. The monoisotopic (exact) mass is 707 g/mol. The number of hydrogen-bond donors (Lipinski definition) is 1. The molecule has 48 heavy (non-hydrogen) atoms. The van der Waals surface area contributed by atoms with Crippen LogP contribution in [0.15, 0.2) is 102 Å². The highest BCUT2D eigenvalue weighted by molar-refractivity contribution is 7.92. The number of halogens is 2. The molecule has 0 aliphatic rings. The van der Waals surface area contributed by atoms with Gasteiger partial charge in [0.2, 0.25) is 11.8 Å². The SMILES string of the molecule is Cc1ccc(S(=O)(=O)N(CC(=O)N(Cc2ccc(Cl)c(Cl)c2)[C@@H](Cc2ccccc2)C(=O)NC(C)(C)C)c2ccc(C(C)C)cc2)cc1. The molecule has 0 saturated carbocycles. The first-order chi connectivity index (χ1) is 22.5. The van der Waals surface area contributed by atoms with Gasteiger partial charge in [-0.15, -0.1) is 0 Å². The molecule has 0 unspecified atom stereocenters. The van der Waals surface area contributed by atoms with Crippen LogP contribution in [0.25, 0.3) is 0 Å². The molecular formula is C38H43Cl2N3O4S. The molecule has 1 N–H and O–H groups in total. The number of nitrogens with zero attached hydrogens (tertiary/aromatic N) is 2. The summed E-state index contributed by atoms with van der Waals surface area (Å²) in [5.41, 5.74) is 3.14. The molecule has 10 heteroatoms. The van der Waals surface area contributed by atoms with Gasteiger partial charge in [-0.1, -0.05) is 103 Å². The van der Waals surface area contributed by atoms with Crippen molar-refractivity contribution < 1.29 is 18.0 Å². The van der Waals surface area contributed by atoms with Crippen LogP contribution in [0.4, 0.5) is 5.69 Å². The number of carbonyl (C=O) groups excluding carboxylic acids is 2. The van der Waals surface area contributed by atoms with Gasteiger partial charge in [0.05, 0.1) is 20.6 Å². The molecule has 0 bridgehead atoms. The Hall–Kier alpha value is -3.85. The smallest absolute Gasteiger partial charge is 0.264 e. The minimum atomic E-state index is -4.20. The maximum absolute atomic E-state index is 14.7. The zero-order chi connectivity index (χ0) is 35.2. The van der Waals surface area contributed by atoms with Crippen LogP contribution >= 0.6 is 23.2 Å². The summed E-state index contributed by atoms with van der Waals surface area (Å²) < 4.78 is 29.7. The number of rotatable bonds is 12. The second kappa shape index (κ2) is 15.6. The average molecular weight is 709 g/mol. The number of nitrogens with one attached hydrogen (secondary N) is 1. The number of hydrogen-bond acceptors (Lipinski definition) is 4. The molecule has 1 atom stereocenters. The predicted molar refractivity (Wildman–Crippen MR) is 195 cm³/mol. The number of carbonyl (C=O) groups is 2. The third-order valence-electron chi connectivity index (χ3n) is 7.84. The molecule has 0 fully saturated rings. The van der Waals surface area contributed by atoms with Gasteiger partial charge >= 0.3 is 0 Å². The lowest BCUT2D eigenvalue weighted by Gasteiger charge is -2.35. The molecule has 0 spiro atoms. The highest BCUT2D eigenvalue weighted by Crippen LogP contribution is 2.28. The third-order valence-corrected chi connectivity index (χ3v) is 10.4. The summed E-state index contributed by atoms with van der Waals surface area (Å²) in [5, 5.41) is 3.68. The van der Waals surface area contributed by atoms with Crippen molar-refractivity contribution in [2.75, 3.05) is 10.8 Å². The van der Waals surface area contributed by atoms with Crippen LogP contribution in [-0.4, -0.2) is 43.3 Å². The van der Waals surface area contributed by atoms with Crippen LogP contribution < -0.4 is 9.62 Å². The summed E-state index contributed by atoms with van der Waals surface area (Å²) in [5.74, 6) is -0.701. The van der Waals surface area contributed by atoms with E-state index in [1.54, 1.807) is 42.5 Å². The molecule has 7 nitrogen and oxygen atoms in total. The van der Waals surface area contributed by atoms with Crippen molar-refractivity contribution >= 4 is 50.7 Å². The molecule has 4 aromatic carbocycles. The average Bonchev–Trinajstić information content (AvgIpc) is 3.03. The van der Waals surface area contributed by atoms with Gasteiger partial charge in [0.1, 0.15) is 12.6 Å². The molecule has 254 valence electrons. The maximum atomic E-state index is 14.7. The minimum absolute atomic E-state index is 0.0184. The lowest BCUT2D eigenvalue weighted by molar-refractivity contribution is -0.140. The molecule has 2 amide bonds. The van der Waals surface area contributed by atoms with Gasteiger partial charge in [0, 0.05) is 18.5 Å². The molecular weight excluding hydrogens is 665 g/mol. The van der Waals surface area contributed by atoms with Gasteiger partial charge in [0.15, 0.2) is 0 Å². The van der Waals surface area contributed by atoms with E-state index >= 15 is 0 Å². The second-order valence-corrected chi connectivity index (χ2v) is 16.0. The Morgan fingerprint density at radius 1 is 0.812 bits per heavy atom. The van der Waals surface area contributed by atoms with Crippen molar-refractivity contribution in [3.8, 4) is 0 Å². The van der Waals surface area contributed by atoms with Crippen LogP contribution in [-0.2, 0) is 32.6 Å². The predicted octanol–water partition coefficient (Wildman–Crippen LogP) is 8.18. The van der Waals surface area contributed by atoms with Crippen molar-refractivity contribution in [1.82, 2.24) is 10.2 Å². The first-order valence-corrected chi connectivity index (χ1v) is 18.0. The second-order valence-electron chi connectivity index (χ2n) is 13.3. The fraction of sp³-hybridized carbons (Fsp3) is 0.316. The van der Waals surface area contributed by atoms with Crippen LogP contribution in [0.5, 0.6) is 0 Å². The lowest BCUT2D eigenvalue weighted by atomic mass is 10.0. The molecule has 0 aromatic heterocycles. The van der Waals surface area contributed by atoms with E-state index in [0.717, 1.165) is 21.0 Å². The largest absolute Gasteiger partial charge is 0.350 e. The summed E-state index contributed by atoms with van der Waals surface area (Å²) in [6.45, 7) is 11.0. The molecule has 0 aliphatic heterocycles. The van der Waals surface area contributed by atoms with Gasteiger partial charge in [-0.2, -0.15) is 0 Å². The summed E-state index contributed by atoms with van der Waals surface area (Å²) in [6.07, 6.45) is 0.198. The molecule has 0 aliphatic carbocycles. The number of benzene rings is 4. The van der Waals surface area contributed by atoms with Gasteiger partial charge in [0.25, 0.3) is 10.0 Å². The summed E-state index contributed by atoms with van der Waals surface area (Å²) in [7, 11) is -4.20. The Morgan fingerprint density at radius 2 is 1.44 bits per heavy atom. The Balaban J connectivity index is 1.84. The Bertz CT molecular complexity index is 1820. The normalized spacial score (nSPS) is 12.4. The molecule has 4 rings (SSSR count). The van der Waals surface area contributed by atoms with Crippen molar-refractivity contribution in [2.45, 2.75) is 76.9 Å². The topological polar surface area (TPSA) is 86.8 Å². The fourth-order valence-corrected chi connectivity index (χ4v) is 6.97. The van der Waals surface area contributed by atoms with E-state index in [2.05, 4.69) is 19.2 Å². The molecule has 0 radical (unpaired) electrons. The summed E-state index contributed by atoms with van der Waals surface area (Å²) in [6, 6.07) is 27.1. The van der Waals surface area contributed by atoms with E-state index in [9.17, 15) is 18.0 Å². The van der Waals surface area contributed by atoms with Gasteiger partial charge in [-0.25, -0.2) is 8.42 Å². The third kappa shape index (κ3) is 9.62. The first-order valence-electron chi connectivity index (χ1n) is 15.8. The van der Waals surface area contributed by atoms with Crippen LogP contribution in [0, 0.1) is 6.92 Å². The van der Waals surface area contributed by atoms with Crippen molar-refractivity contribution in [3.63, 3.8) is 0 Å². The van der Waals surface area contributed by atoms with Crippen molar-refractivity contribution in [3.05, 3.63) is 129 Å². The highest BCUT2D eigenvalue weighted by Gasteiger charge is 2.35. The van der Waals surface area contributed by atoms with E-state index in [1.807, 2.05) is 70.2 Å². The highest BCUT2D eigenvalue weighted by atomic mass is 35.5. The van der Waals surface area contributed by atoms with Gasteiger partial charge in [-0.05, 0) is 86.7 Å². The minimum Gasteiger partial charge on any atom is -0.350 e. The van der Waals surface area contributed by atoms with Crippen LogP contribution in [0.1, 0.15) is 62.8 Å². The Morgan fingerprint density at radius 3 is 2.00 bits per heavy atom. The molecule has 0 saturated heterocycles. The quantitative estimate of drug-likeness (QED) is 0.161. The van der Waals surface area contributed by atoms with Crippen molar-refractivity contribution in [1.29, 1.82) is 0 Å². The number of anilines is 1. The Labute approximate surface area is 294 Å². The lowest BCUT2D eigenvalue weighted by Crippen LogP contribution is -2.56. The fourth-order valence-electron chi connectivity index (χ4n) is 5.23. The van der Waals surface area contributed by atoms with Gasteiger partial charge in [-0.3, -0.25) is 13.9 Å². The number of amides is 2. The van der Waals surface area contributed by atoms with Gasteiger partial charge < -0.3 is 10.2 Å². The van der Waals surface area contributed by atoms with E-state index < -0.39 is 34.1 Å². The molecule has 0 heterocycles. The van der Waals surface area contributed by atoms with E-state index in [1.165, 1.54) is 17.0 Å². The standard InChI is InChI=1S/C38H43Cl2N3O4S/c1-26(2)30-15-17-31(18-16-30)43(48(46,47)32-19-12-27(3)13-20-32)25-36(44)42(24-29-14-21-33(39)34(40)22-29)35(37(45)41-38(4,5)6)23-28-10-8-7-9-11-28/h7-22,26,35H,23-25H2,1-6H3,(H,41,45)/t35-/m0/s1. The van der Waals surface area contributed by atoms with E-state index in [0.29, 0.717) is 21.3 Å². The number of sulfonamides is 1. The van der Waals surface area contributed by atoms with Crippen molar-refractivity contribution in [2.24, 2.45) is 0 Å². The maximum Gasteiger partial charge on any atom is 0.264 e. The summed E-state index contributed by atoms with van der Waals surface area (Å²) in [4.78, 5) is 30.2. The van der Waals surface area contributed by atoms with E-state index in [-0.39, 0.29) is 29.7 Å². The zero-order valence-corrected chi connectivity index (χ0v) is 30.5. The van der Waals surface area contributed by atoms with Crippen LogP contribution in [0.3, 0.4) is 0 Å². The van der Waals surface area contributed by atoms with Crippen LogP contribution in [0.2, 0.25) is 10.0 Å². The first kappa shape index (κ1) is 37.0. The molecule has 4 aromatic rings.